The minimum absolute atomic E-state index is 0.330. The van der Waals surface area contributed by atoms with Crippen LogP contribution in [0.4, 0.5) is 15.8 Å². The molecule has 0 saturated carbocycles. The van der Waals surface area contributed by atoms with E-state index in [4.69, 9.17) is 4.74 Å². The quantitative estimate of drug-likeness (QED) is 0.522. The Labute approximate surface area is 181 Å². The summed E-state index contributed by atoms with van der Waals surface area (Å²) < 4.78 is 18.7. The number of carbonyl (C=O) groups is 2. The number of amides is 2. The fourth-order valence-corrected chi connectivity index (χ4v) is 2.91. The zero-order valence-electron chi connectivity index (χ0n) is 17.7. The predicted molar refractivity (Wildman–Crippen MR) is 120 cm³/mol. The van der Waals surface area contributed by atoms with Crippen molar-refractivity contribution in [3.8, 4) is 5.75 Å². The molecule has 0 saturated heterocycles. The van der Waals surface area contributed by atoms with Crippen LogP contribution >= 0.6 is 0 Å². The summed E-state index contributed by atoms with van der Waals surface area (Å²) in [6.07, 6.45) is -0.721. The summed E-state index contributed by atoms with van der Waals surface area (Å²) in [6.45, 7) is 5.89. The van der Waals surface area contributed by atoms with E-state index in [1.165, 1.54) is 29.8 Å². The second kappa shape index (κ2) is 9.89. The summed E-state index contributed by atoms with van der Waals surface area (Å²) in [7, 11) is 0. The number of hydrogen-bond donors (Lipinski definition) is 2. The van der Waals surface area contributed by atoms with Crippen LogP contribution in [0.25, 0.3) is 0 Å². The maximum atomic E-state index is 13.0. The van der Waals surface area contributed by atoms with Crippen molar-refractivity contribution in [2.75, 3.05) is 10.6 Å². The second-order valence-corrected chi connectivity index (χ2v) is 7.51. The molecule has 6 heteroatoms. The van der Waals surface area contributed by atoms with Gasteiger partial charge in [-0.3, -0.25) is 9.59 Å². The Morgan fingerprint density at radius 3 is 2.16 bits per heavy atom. The minimum atomic E-state index is -0.721. The van der Waals surface area contributed by atoms with Crippen molar-refractivity contribution in [3.63, 3.8) is 0 Å². The fraction of sp³-hybridized carbons (Fsp3) is 0.200. The van der Waals surface area contributed by atoms with Crippen molar-refractivity contribution >= 4 is 23.2 Å². The van der Waals surface area contributed by atoms with E-state index in [1.807, 2.05) is 24.3 Å². The van der Waals surface area contributed by atoms with Gasteiger partial charge >= 0.3 is 0 Å². The molecule has 0 radical (unpaired) electrons. The highest BCUT2D eigenvalue weighted by atomic mass is 19.1. The molecule has 1 atom stereocenters. The van der Waals surface area contributed by atoms with Gasteiger partial charge in [0.15, 0.2) is 6.10 Å². The molecule has 2 N–H and O–H groups in total. The van der Waals surface area contributed by atoms with Gasteiger partial charge in [-0.15, -0.1) is 0 Å². The lowest BCUT2D eigenvalue weighted by Crippen LogP contribution is -2.30. The van der Waals surface area contributed by atoms with Gasteiger partial charge in [-0.2, -0.15) is 0 Å². The first-order valence-electron chi connectivity index (χ1n) is 10.1. The lowest BCUT2D eigenvalue weighted by molar-refractivity contribution is -0.122. The van der Waals surface area contributed by atoms with Crippen LogP contribution in [0, 0.1) is 5.82 Å². The van der Waals surface area contributed by atoms with Crippen LogP contribution in [-0.2, 0) is 4.79 Å². The maximum Gasteiger partial charge on any atom is 0.265 e. The van der Waals surface area contributed by atoms with E-state index in [9.17, 15) is 14.0 Å². The van der Waals surface area contributed by atoms with E-state index < -0.39 is 6.10 Å². The highest BCUT2D eigenvalue weighted by molar-refractivity contribution is 6.05. The summed E-state index contributed by atoms with van der Waals surface area (Å²) in [6, 6.07) is 19.7. The zero-order valence-corrected chi connectivity index (χ0v) is 17.7. The lowest BCUT2D eigenvalue weighted by Gasteiger charge is -2.16. The normalized spacial score (nSPS) is 11.6. The van der Waals surface area contributed by atoms with Gasteiger partial charge in [0.05, 0.1) is 0 Å². The van der Waals surface area contributed by atoms with Crippen LogP contribution in [-0.4, -0.2) is 17.9 Å². The van der Waals surface area contributed by atoms with E-state index in [-0.39, 0.29) is 17.6 Å². The van der Waals surface area contributed by atoms with Crippen molar-refractivity contribution in [2.45, 2.75) is 32.8 Å². The molecule has 0 bridgehead atoms. The van der Waals surface area contributed by atoms with Crippen LogP contribution in [0.1, 0.15) is 42.6 Å². The van der Waals surface area contributed by atoms with Crippen LogP contribution in [0.2, 0.25) is 0 Å². The molecule has 3 rings (SSSR count). The number of carbonyl (C=O) groups excluding carboxylic acids is 2. The Hall–Kier alpha value is -3.67. The number of halogens is 1. The van der Waals surface area contributed by atoms with Gasteiger partial charge in [0.1, 0.15) is 11.6 Å². The van der Waals surface area contributed by atoms with Gasteiger partial charge in [-0.1, -0.05) is 32.0 Å². The molecule has 2 amide bonds. The van der Waals surface area contributed by atoms with Crippen LogP contribution in [0.15, 0.2) is 72.8 Å². The number of ether oxygens (including phenoxy) is 1. The molecule has 0 heterocycles. The molecule has 3 aromatic carbocycles. The van der Waals surface area contributed by atoms with Crippen LogP contribution in [0.3, 0.4) is 0 Å². The molecule has 0 fully saturated rings. The van der Waals surface area contributed by atoms with E-state index in [0.717, 1.165) is 0 Å². The zero-order chi connectivity index (χ0) is 22.4. The lowest BCUT2D eigenvalue weighted by atomic mass is 10.0. The molecule has 5 nitrogen and oxygen atoms in total. The Bertz CT molecular complexity index is 1050. The highest BCUT2D eigenvalue weighted by Crippen LogP contribution is 2.20. The molecule has 31 heavy (non-hydrogen) atoms. The van der Waals surface area contributed by atoms with Crippen molar-refractivity contribution in [2.24, 2.45) is 0 Å². The summed E-state index contributed by atoms with van der Waals surface area (Å²) in [5.41, 5.74) is 2.51. The Morgan fingerprint density at radius 2 is 1.52 bits per heavy atom. The first-order chi connectivity index (χ1) is 14.8. The van der Waals surface area contributed by atoms with Crippen molar-refractivity contribution in [1.82, 2.24) is 0 Å². The monoisotopic (exact) mass is 420 g/mol. The SMILES string of the molecule is CC(Oc1ccc(C(C)C)cc1)C(=O)Nc1cccc(C(=O)Nc2ccc(F)cc2)c1. The molecular weight excluding hydrogens is 395 g/mol. The number of hydrogen-bond acceptors (Lipinski definition) is 3. The number of anilines is 2. The van der Waals surface area contributed by atoms with Crippen molar-refractivity contribution in [1.29, 1.82) is 0 Å². The van der Waals surface area contributed by atoms with Crippen LogP contribution in [0.5, 0.6) is 5.75 Å². The molecule has 1 unspecified atom stereocenters. The van der Waals surface area contributed by atoms with Gasteiger partial charge in [-0.25, -0.2) is 4.39 Å². The second-order valence-electron chi connectivity index (χ2n) is 7.51. The number of benzene rings is 3. The van der Waals surface area contributed by atoms with Crippen molar-refractivity contribution < 1.29 is 18.7 Å². The molecule has 0 aromatic heterocycles. The first kappa shape index (κ1) is 22.0. The predicted octanol–water partition coefficient (Wildman–Crippen LogP) is 5.61. The Kier molecular flexibility index (Phi) is 7.03. The van der Waals surface area contributed by atoms with E-state index in [0.29, 0.717) is 28.6 Å². The standard InChI is InChI=1S/C25H25FN2O3/c1-16(2)18-7-13-23(14-8-18)31-17(3)24(29)28-22-6-4-5-19(15-22)25(30)27-21-11-9-20(26)10-12-21/h4-17H,1-3H3,(H,27,30)(H,28,29). The van der Waals surface area contributed by atoms with E-state index >= 15 is 0 Å². The van der Waals surface area contributed by atoms with Gasteiger partial charge in [0, 0.05) is 16.9 Å². The smallest absolute Gasteiger partial charge is 0.265 e. The van der Waals surface area contributed by atoms with Gasteiger partial charge in [0.25, 0.3) is 11.8 Å². The molecular formula is C25H25FN2O3. The molecule has 160 valence electrons. The van der Waals surface area contributed by atoms with Crippen LogP contribution < -0.4 is 15.4 Å². The molecule has 0 aliphatic heterocycles. The van der Waals surface area contributed by atoms with Gasteiger partial charge in [0.2, 0.25) is 0 Å². The first-order valence-corrected chi connectivity index (χ1v) is 10.1. The third-order valence-electron chi connectivity index (χ3n) is 4.72. The number of rotatable bonds is 7. The molecule has 0 aliphatic rings. The molecule has 0 spiro atoms. The maximum absolute atomic E-state index is 13.0. The average Bonchev–Trinajstić information content (AvgIpc) is 2.76. The molecule has 0 aliphatic carbocycles. The third-order valence-corrected chi connectivity index (χ3v) is 4.72. The minimum Gasteiger partial charge on any atom is -0.481 e. The van der Waals surface area contributed by atoms with E-state index in [1.54, 1.807) is 31.2 Å². The Morgan fingerprint density at radius 1 is 0.839 bits per heavy atom. The summed E-state index contributed by atoms with van der Waals surface area (Å²) >= 11 is 0. The van der Waals surface area contributed by atoms with Crippen molar-refractivity contribution in [3.05, 3.63) is 89.7 Å². The fourth-order valence-electron chi connectivity index (χ4n) is 2.91. The molecule has 3 aromatic rings. The summed E-state index contributed by atoms with van der Waals surface area (Å²) in [5, 5.41) is 5.46. The topological polar surface area (TPSA) is 67.4 Å². The number of nitrogens with one attached hydrogen (secondary N) is 2. The highest BCUT2D eigenvalue weighted by Gasteiger charge is 2.16. The summed E-state index contributed by atoms with van der Waals surface area (Å²) in [4.78, 5) is 25.0. The Balaban J connectivity index is 1.60. The van der Waals surface area contributed by atoms with Gasteiger partial charge in [-0.05, 0) is 73.0 Å². The van der Waals surface area contributed by atoms with Gasteiger partial charge < -0.3 is 15.4 Å². The average molecular weight is 420 g/mol. The van der Waals surface area contributed by atoms with E-state index in [2.05, 4.69) is 24.5 Å². The summed E-state index contributed by atoms with van der Waals surface area (Å²) in [5.74, 6) is -0.0435. The third kappa shape index (κ3) is 6.15. The largest absolute Gasteiger partial charge is 0.481 e.